The van der Waals surface area contributed by atoms with E-state index < -0.39 is 0 Å². The van der Waals surface area contributed by atoms with E-state index in [0.29, 0.717) is 13.0 Å². The van der Waals surface area contributed by atoms with Gasteiger partial charge in [0.1, 0.15) is 12.7 Å². The quantitative estimate of drug-likeness (QED) is 0.433. The lowest BCUT2D eigenvalue weighted by Crippen LogP contribution is -2.22. The van der Waals surface area contributed by atoms with E-state index in [0.717, 1.165) is 29.1 Å². The van der Waals surface area contributed by atoms with Gasteiger partial charge >= 0.3 is 0 Å². The van der Waals surface area contributed by atoms with Crippen LogP contribution in [0.3, 0.4) is 0 Å². The first-order valence-electron chi connectivity index (χ1n) is 10.3. The summed E-state index contributed by atoms with van der Waals surface area (Å²) in [5.74, 6) is 0. The van der Waals surface area contributed by atoms with Gasteiger partial charge in [0.05, 0.1) is 30.4 Å². The maximum absolute atomic E-state index is 8.94. The van der Waals surface area contributed by atoms with Crippen LogP contribution in [0.5, 0.6) is 0 Å². The Labute approximate surface area is 182 Å². The highest BCUT2D eigenvalue weighted by molar-refractivity contribution is 5.62. The smallest absolute Gasteiger partial charge is 0.138 e. The van der Waals surface area contributed by atoms with Crippen molar-refractivity contribution in [2.75, 3.05) is 7.05 Å². The molecule has 4 aromatic rings. The Hall–Kier alpha value is -3.76. The predicted octanol–water partition coefficient (Wildman–Crippen LogP) is 4.24. The molecule has 0 spiro atoms. The van der Waals surface area contributed by atoms with Gasteiger partial charge in [-0.2, -0.15) is 15.5 Å². The van der Waals surface area contributed by atoms with Crippen molar-refractivity contribution in [1.29, 1.82) is 5.26 Å². The number of nitriles is 1. The molecular formula is C24H25N7. The van der Waals surface area contributed by atoms with E-state index in [1.807, 2.05) is 22.9 Å². The molecule has 2 aromatic carbocycles. The Morgan fingerprint density at radius 1 is 1.10 bits per heavy atom. The first-order chi connectivity index (χ1) is 15.2. The van der Waals surface area contributed by atoms with E-state index in [1.54, 1.807) is 11.0 Å². The fraction of sp³-hybridized carbons (Fsp3) is 0.250. The van der Waals surface area contributed by atoms with Crippen LogP contribution in [0.2, 0.25) is 0 Å². The molecule has 0 unspecified atom stereocenters. The zero-order chi connectivity index (χ0) is 21.6. The normalized spacial score (nSPS) is 12.1. The van der Waals surface area contributed by atoms with Crippen molar-refractivity contribution in [3.05, 3.63) is 84.6 Å². The molecule has 0 saturated heterocycles. The van der Waals surface area contributed by atoms with E-state index in [1.165, 1.54) is 11.9 Å². The molecule has 0 bridgehead atoms. The summed E-state index contributed by atoms with van der Waals surface area (Å²) < 4.78 is 3.63. The minimum Gasteiger partial charge on any atom is -0.295 e. The number of hydrogen-bond acceptors (Lipinski definition) is 5. The van der Waals surface area contributed by atoms with Crippen molar-refractivity contribution in [3.63, 3.8) is 0 Å². The van der Waals surface area contributed by atoms with Crippen LogP contribution in [0.15, 0.2) is 73.4 Å². The average molecular weight is 412 g/mol. The average Bonchev–Trinajstić information content (AvgIpc) is 3.48. The molecule has 2 heterocycles. The van der Waals surface area contributed by atoms with Crippen molar-refractivity contribution in [2.45, 2.75) is 32.5 Å². The van der Waals surface area contributed by atoms with Gasteiger partial charge in [0.2, 0.25) is 0 Å². The largest absolute Gasteiger partial charge is 0.295 e. The highest BCUT2D eigenvalue weighted by atomic mass is 15.3. The Bertz CT molecular complexity index is 1140. The number of nitrogens with zero attached hydrogens (tertiary/aromatic N) is 7. The number of rotatable bonds is 8. The molecule has 2 aromatic heterocycles. The fourth-order valence-corrected chi connectivity index (χ4v) is 3.60. The molecule has 31 heavy (non-hydrogen) atoms. The van der Waals surface area contributed by atoms with E-state index in [2.05, 4.69) is 77.6 Å². The van der Waals surface area contributed by atoms with E-state index in [9.17, 15) is 0 Å². The second-order valence-electron chi connectivity index (χ2n) is 7.56. The van der Waals surface area contributed by atoms with Crippen LogP contribution in [-0.4, -0.2) is 36.5 Å². The number of benzene rings is 2. The van der Waals surface area contributed by atoms with Crippen LogP contribution in [0.25, 0.3) is 16.9 Å². The molecule has 0 aliphatic carbocycles. The highest BCUT2D eigenvalue weighted by Crippen LogP contribution is 2.27. The molecule has 156 valence electrons. The molecule has 7 heteroatoms. The van der Waals surface area contributed by atoms with Gasteiger partial charge in [0, 0.05) is 29.9 Å². The van der Waals surface area contributed by atoms with Crippen LogP contribution < -0.4 is 0 Å². The van der Waals surface area contributed by atoms with Crippen LogP contribution in [0, 0.1) is 11.3 Å². The van der Waals surface area contributed by atoms with Crippen LogP contribution in [0.1, 0.15) is 30.5 Å². The van der Waals surface area contributed by atoms with Gasteiger partial charge in [0.15, 0.2) is 0 Å². The Kier molecular flexibility index (Phi) is 6.20. The van der Waals surface area contributed by atoms with Gasteiger partial charge < -0.3 is 0 Å². The third kappa shape index (κ3) is 4.71. The van der Waals surface area contributed by atoms with Crippen molar-refractivity contribution >= 4 is 0 Å². The van der Waals surface area contributed by atoms with Crippen molar-refractivity contribution < 1.29 is 0 Å². The lowest BCUT2D eigenvalue weighted by Gasteiger charge is -2.25. The van der Waals surface area contributed by atoms with Crippen molar-refractivity contribution in [1.82, 2.24) is 29.4 Å². The van der Waals surface area contributed by atoms with Crippen LogP contribution in [-0.2, 0) is 13.1 Å². The second kappa shape index (κ2) is 9.37. The van der Waals surface area contributed by atoms with Gasteiger partial charge in [-0.05, 0) is 31.7 Å². The van der Waals surface area contributed by atoms with Crippen molar-refractivity contribution in [3.8, 4) is 23.0 Å². The zero-order valence-corrected chi connectivity index (χ0v) is 17.8. The first kappa shape index (κ1) is 20.5. The van der Waals surface area contributed by atoms with Gasteiger partial charge in [-0.15, -0.1) is 0 Å². The Morgan fingerprint density at radius 3 is 2.55 bits per heavy atom. The molecule has 4 rings (SSSR count). The molecule has 0 N–H and O–H groups in total. The summed E-state index contributed by atoms with van der Waals surface area (Å²) in [6, 6.07) is 21.0. The number of hydrogen-bond donors (Lipinski definition) is 0. The zero-order valence-electron chi connectivity index (χ0n) is 17.8. The summed E-state index contributed by atoms with van der Waals surface area (Å²) >= 11 is 0. The number of aryl methyl sites for hydroxylation is 1. The number of aromatic nitrogens is 5. The van der Waals surface area contributed by atoms with Crippen LogP contribution >= 0.6 is 0 Å². The third-order valence-electron chi connectivity index (χ3n) is 5.48. The molecule has 0 aliphatic heterocycles. The second-order valence-corrected chi connectivity index (χ2v) is 7.56. The molecule has 7 nitrogen and oxygen atoms in total. The topological polar surface area (TPSA) is 75.6 Å². The van der Waals surface area contributed by atoms with E-state index >= 15 is 0 Å². The Balaban J connectivity index is 1.53. The maximum atomic E-state index is 8.94. The molecule has 0 radical (unpaired) electrons. The lowest BCUT2D eigenvalue weighted by atomic mass is 10.0. The maximum Gasteiger partial charge on any atom is 0.138 e. The SMILES string of the molecule is C[C@H](c1ccc(-n2cncn2)cc1)N(C)Cc1cn(CCC#N)nc1-c1ccccc1. The first-order valence-corrected chi connectivity index (χ1v) is 10.3. The molecule has 0 aliphatic rings. The van der Waals surface area contributed by atoms with Gasteiger partial charge in [-0.1, -0.05) is 42.5 Å². The summed E-state index contributed by atoms with van der Waals surface area (Å²) in [4.78, 5) is 6.31. The molecule has 0 saturated carbocycles. The standard InChI is InChI=1S/C24H25N7/c1-19(20-9-11-23(12-10-20)31-18-26-17-27-31)29(2)15-22-16-30(14-6-13-25)28-24(22)21-7-4-3-5-8-21/h3-5,7-12,16-19H,6,14-15H2,1-2H3/t19-/m1/s1. The van der Waals surface area contributed by atoms with Gasteiger partial charge in [0.25, 0.3) is 0 Å². The highest BCUT2D eigenvalue weighted by Gasteiger charge is 2.17. The summed E-state index contributed by atoms with van der Waals surface area (Å²) in [5, 5.41) is 17.9. The lowest BCUT2D eigenvalue weighted by molar-refractivity contribution is 0.253. The van der Waals surface area contributed by atoms with Gasteiger partial charge in [-0.3, -0.25) is 9.58 Å². The van der Waals surface area contributed by atoms with E-state index in [-0.39, 0.29) is 6.04 Å². The summed E-state index contributed by atoms with van der Waals surface area (Å²) in [5.41, 5.74) is 5.43. The molecule has 1 atom stereocenters. The van der Waals surface area contributed by atoms with E-state index in [4.69, 9.17) is 10.4 Å². The monoisotopic (exact) mass is 411 g/mol. The molecule has 0 amide bonds. The van der Waals surface area contributed by atoms with Gasteiger partial charge in [-0.25, -0.2) is 9.67 Å². The molecular weight excluding hydrogens is 386 g/mol. The van der Waals surface area contributed by atoms with Crippen LogP contribution in [0.4, 0.5) is 0 Å². The third-order valence-corrected chi connectivity index (χ3v) is 5.48. The fourth-order valence-electron chi connectivity index (χ4n) is 3.60. The predicted molar refractivity (Wildman–Crippen MR) is 119 cm³/mol. The summed E-state index contributed by atoms with van der Waals surface area (Å²) in [7, 11) is 2.12. The minimum atomic E-state index is 0.218. The molecule has 0 fully saturated rings. The summed E-state index contributed by atoms with van der Waals surface area (Å²) in [6.45, 7) is 3.55. The summed E-state index contributed by atoms with van der Waals surface area (Å²) in [6.07, 6.45) is 5.74. The van der Waals surface area contributed by atoms with Crippen molar-refractivity contribution in [2.24, 2.45) is 0 Å². The minimum absolute atomic E-state index is 0.218. The Morgan fingerprint density at radius 2 is 1.87 bits per heavy atom.